The number of nitrogens with one attached hydrogen (secondary N) is 1. The third-order valence-corrected chi connectivity index (χ3v) is 8.25. The molecule has 32 heavy (non-hydrogen) atoms. The smallest absolute Gasteiger partial charge is 0.243 e. The van der Waals surface area contributed by atoms with Gasteiger partial charge in [0, 0.05) is 36.6 Å². The van der Waals surface area contributed by atoms with Gasteiger partial charge in [-0.25, -0.2) is 18.1 Å². The molecule has 0 bridgehead atoms. The maximum Gasteiger partial charge on any atom is 0.243 e. The van der Waals surface area contributed by atoms with Gasteiger partial charge in [-0.2, -0.15) is 4.31 Å². The third-order valence-electron chi connectivity index (χ3n) is 6.32. The molecule has 1 N–H and O–H groups in total. The van der Waals surface area contributed by atoms with E-state index in [1.807, 2.05) is 24.4 Å². The average Bonchev–Trinajstić information content (AvgIpc) is 3.48. The average molecular weight is 451 g/mol. The molecule has 0 saturated heterocycles. The molecule has 3 heterocycles. The van der Waals surface area contributed by atoms with E-state index in [4.69, 9.17) is 0 Å². The summed E-state index contributed by atoms with van der Waals surface area (Å²) in [5.74, 6) is 0. The topological polar surface area (TPSA) is 96.8 Å². The number of benzene rings is 1. The fourth-order valence-electron chi connectivity index (χ4n) is 4.52. The van der Waals surface area contributed by atoms with E-state index >= 15 is 0 Å². The summed E-state index contributed by atoms with van der Waals surface area (Å²) < 4.78 is 29.6. The first kappa shape index (κ1) is 20.8. The van der Waals surface area contributed by atoms with Crippen molar-refractivity contribution >= 4 is 21.1 Å². The lowest BCUT2D eigenvalue weighted by Crippen LogP contribution is -2.38. The SMILES string of the molecule is CN(C1CCCCC1)S(=O)(=O)c1ccc(-c2ccnc3[nH]c(Cn4ccnn4)cc23)cc1. The van der Waals surface area contributed by atoms with Crippen LogP contribution in [0, 0.1) is 0 Å². The van der Waals surface area contributed by atoms with Crippen LogP contribution in [0.5, 0.6) is 0 Å². The molecule has 1 aliphatic carbocycles. The number of pyridine rings is 1. The Morgan fingerprint density at radius 3 is 2.59 bits per heavy atom. The number of hydrogen-bond donors (Lipinski definition) is 1. The fraction of sp³-hybridized carbons (Fsp3) is 0.348. The van der Waals surface area contributed by atoms with Crippen LogP contribution in [0.1, 0.15) is 37.8 Å². The first-order valence-electron chi connectivity index (χ1n) is 10.9. The molecular formula is C23H26N6O2S. The highest BCUT2D eigenvalue weighted by Crippen LogP contribution is 2.31. The first-order chi connectivity index (χ1) is 15.5. The Morgan fingerprint density at radius 2 is 1.88 bits per heavy atom. The van der Waals surface area contributed by atoms with Gasteiger partial charge >= 0.3 is 0 Å². The summed E-state index contributed by atoms with van der Waals surface area (Å²) in [6, 6.07) is 11.3. The maximum atomic E-state index is 13.1. The number of sulfonamides is 1. The summed E-state index contributed by atoms with van der Waals surface area (Å²) in [6.45, 7) is 0.570. The van der Waals surface area contributed by atoms with E-state index in [1.165, 1.54) is 6.42 Å². The number of aromatic nitrogens is 5. The lowest BCUT2D eigenvalue weighted by molar-refractivity contribution is 0.286. The Morgan fingerprint density at radius 1 is 1.09 bits per heavy atom. The van der Waals surface area contributed by atoms with E-state index < -0.39 is 10.0 Å². The molecule has 1 aromatic carbocycles. The zero-order valence-electron chi connectivity index (χ0n) is 18.0. The number of hydrogen-bond acceptors (Lipinski definition) is 5. The van der Waals surface area contributed by atoms with Gasteiger partial charge in [-0.1, -0.05) is 36.6 Å². The Kier molecular flexibility index (Phi) is 5.52. The number of aromatic amines is 1. The van der Waals surface area contributed by atoms with Crippen LogP contribution in [0.2, 0.25) is 0 Å². The van der Waals surface area contributed by atoms with Crippen LogP contribution in [0.25, 0.3) is 22.2 Å². The van der Waals surface area contributed by atoms with Crippen LogP contribution in [0.15, 0.2) is 59.9 Å². The monoisotopic (exact) mass is 450 g/mol. The van der Waals surface area contributed by atoms with Crippen molar-refractivity contribution in [2.24, 2.45) is 0 Å². The minimum Gasteiger partial charge on any atom is -0.342 e. The van der Waals surface area contributed by atoms with E-state index in [1.54, 1.807) is 40.6 Å². The van der Waals surface area contributed by atoms with Crippen molar-refractivity contribution in [1.29, 1.82) is 0 Å². The van der Waals surface area contributed by atoms with Gasteiger partial charge in [0.25, 0.3) is 0 Å². The molecule has 0 amide bonds. The van der Waals surface area contributed by atoms with Crippen molar-refractivity contribution in [1.82, 2.24) is 29.3 Å². The Balaban J connectivity index is 1.42. The zero-order valence-corrected chi connectivity index (χ0v) is 18.8. The molecular weight excluding hydrogens is 424 g/mol. The molecule has 0 unspecified atom stereocenters. The second-order valence-corrected chi connectivity index (χ2v) is 10.4. The molecule has 5 rings (SSSR count). The van der Waals surface area contributed by atoms with E-state index in [9.17, 15) is 8.42 Å². The highest BCUT2D eigenvalue weighted by atomic mass is 32.2. The van der Waals surface area contributed by atoms with Gasteiger partial charge in [-0.15, -0.1) is 5.10 Å². The molecule has 1 fully saturated rings. The maximum absolute atomic E-state index is 13.1. The van der Waals surface area contributed by atoms with Gasteiger partial charge in [0.1, 0.15) is 5.65 Å². The summed E-state index contributed by atoms with van der Waals surface area (Å²) in [7, 11) is -1.80. The number of fused-ring (bicyclic) bond motifs is 1. The predicted molar refractivity (Wildman–Crippen MR) is 122 cm³/mol. The van der Waals surface area contributed by atoms with Crippen molar-refractivity contribution < 1.29 is 8.42 Å². The van der Waals surface area contributed by atoms with Crippen LogP contribution in [-0.4, -0.2) is 50.8 Å². The zero-order chi connectivity index (χ0) is 22.1. The summed E-state index contributed by atoms with van der Waals surface area (Å²) in [6.07, 6.45) is 10.5. The molecule has 166 valence electrons. The quantitative estimate of drug-likeness (QED) is 0.482. The Hall–Kier alpha value is -3.04. The molecule has 0 atom stereocenters. The molecule has 0 spiro atoms. The lowest BCUT2D eigenvalue weighted by atomic mass is 9.96. The highest BCUT2D eigenvalue weighted by Gasteiger charge is 2.29. The van der Waals surface area contributed by atoms with Gasteiger partial charge in [-0.3, -0.25) is 0 Å². The largest absolute Gasteiger partial charge is 0.342 e. The van der Waals surface area contributed by atoms with Crippen LogP contribution in [0.4, 0.5) is 0 Å². The van der Waals surface area contributed by atoms with Gasteiger partial charge in [0.15, 0.2) is 0 Å². The van der Waals surface area contributed by atoms with Gasteiger partial charge in [0.2, 0.25) is 10.0 Å². The van der Waals surface area contributed by atoms with Crippen molar-refractivity contribution in [3.8, 4) is 11.1 Å². The summed E-state index contributed by atoms with van der Waals surface area (Å²) in [4.78, 5) is 8.11. The van der Waals surface area contributed by atoms with E-state index in [0.717, 1.165) is 53.5 Å². The second kappa shape index (κ2) is 8.48. The van der Waals surface area contributed by atoms with Crippen LogP contribution in [0.3, 0.4) is 0 Å². The molecule has 0 aliphatic heterocycles. The fourth-order valence-corrected chi connectivity index (χ4v) is 5.94. The third kappa shape index (κ3) is 3.93. The van der Waals surface area contributed by atoms with Crippen LogP contribution in [-0.2, 0) is 16.6 Å². The Bertz CT molecular complexity index is 1310. The number of nitrogens with zero attached hydrogens (tertiary/aromatic N) is 5. The molecule has 9 heteroatoms. The minimum absolute atomic E-state index is 0.0940. The predicted octanol–water partition coefficient (Wildman–Crippen LogP) is 3.82. The second-order valence-electron chi connectivity index (χ2n) is 8.35. The molecule has 8 nitrogen and oxygen atoms in total. The number of H-pyrrole nitrogens is 1. The highest BCUT2D eigenvalue weighted by molar-refractivity contribution is 7.89. The number of rotatable bonds is 6. The van der Waals surface area contributed by atoms with Crippen LogP contribution >= 0.6 is 0 Å². The van der Waals surface area contributed by atoms with E-state index in [0.29, 0.717) is 11.4 Å². The minimum atomic E-state index is -3.51. The normalized spacial score (nSPS) is 15.6. The van der Waals surface area contributed by atoms with E-state index in [-0.39, 0.29) is 6.04 Å². The van der Waals surface area contributed by atoms with E-state index in [2.05, 4.69) is 26.3 Å². The van der Waals surface area contributed by atoms with Crippen molar-refractivity contribution in [3.63, 3.8) is 0 Å². The van der Waals surface area contributed by atoms with Crippen molar-refractivity contribution in [2.75, 3.05) is 7.05 Å². The standard InChI is InChI=1S/C23H26N6O2S/c1-28(19-5-3-2-4-6-19)32(30,31)20-9-7-17(8-10-20)21-11-12-24-23-22(21)15-18(26-23)16-29-14-13-25-27-29/h7-15,19H,2-6,16H2,1H3,(H,24,26). The first-order valence-corrected chi connectivity index (χ1v) is 12.4. The van der Waals surface area contributed by atoms with Crippen molar-refractivity contribution in [3.05, 3.63) is 60.7 Å². The van der Waals surface area contributed by atoms with Gasteiger partial charge < -0.3 is 4.98 Å². The molecule has 1 aliphatic rings. The lowest BCUT2D eigenvalue weighted by Gasteiger charge is -2.30. The molecule has 4 aromatic rings. The Labute approximate surface area is 187 Å². The van der Waals surface area contributed by atoms with Crippen LogP contribution < -0.4 is 0 Å². The molecule has 3 aromatic heterocycles. The molecule has 1 saturated carbocycles. The van der Waals surface area contributed by atoms with Gasteiger partial charge in [-0.05, 0) is 48.2 Å². The van der Waals surface area contributed by atoms with Crippen molar-refractivity contribution in [2.45, 2.75) is 49.6 Å². The summed E-state index contributed by atoms with van der Waals surface area (Å²) >= 11 is 0. The summed E-state index contributed by atoms with van der Waals surface area (Å²) in [5.41, 5.74) is 3.70. The van der Waals surface area contributed by atoms with Gasteiger partial charge in [0.05, 0.1) is 17.6 Å². The molecule has 0 radical (unpaired) electrons. The summed E-state index contributed by atoms with van der Waals surface area (Å²) in [5, 5.41) is 8.83.